The number of carbonyl (C=O) groups is 1. The van der Waals surface area contributed by atoms with Gasteiger partial charge in [0.2, 0.25) is 5.92 Å². The molecule has 1 aromatic heterocycles. The molecule has 0 radical (unpaired) electrons. The first-order valence-electron chi connectivity index (χ1n) is 11.9. The minimum absolute atomic E-state index is 0.0625. The molecule has 3 aromatic rings. The molecule has 0 spiro atoms. The first-order chi connectivity index (χ1) is 18.2. The Hall–Kier alpha value is -3.32. The van der Waals surface area contributed by atoms with Gasteiger partial charge in [-0.25, -0.2) is 22.9 Å². The molecule has 0 fully saturated rings. The third-order valence-corrected chi connectivity index (χ3v) is 6.62. The quantitative estimate of drug-likeness (QED) is 0.241. The Balaban J connectivity index is 0.000000631. The van der Waals surface area contributed by atoms with E-state index in [-0.39, 0.29) is 23.8 Å². The fraction of sp³-hybridized carbons (Fsp3) is 0.385. The highest BCUT2D eigenvalue weighted by Crippen LogP contribution is 2.46. The number of ether oxygens (including phenoxy) is 1. The highest BCUT2D eigenvalue weighted by Gasteiger charge is 2.37. The molecule has 0 atom stereocenters. The van der Waals surface area contributed by atoms with E-state index in [0.29, 0.717) is 23.7 Å². The number of benzene rings is 2. The number of fused-ring (bicyclic) bond motifs is 1. The van der Waals surface area contributed by atoms with Crippen molar-refractivity contribution in [3.05, 3.63) is 65.4 Å². The van der Waals surface area contributed by atoms with Gasteiger partial charge in [0.15, 0.2) is 17.3 Å². The number of carboxylic acids is 1. The number of halogens is 5. The maximum atomic E-state index is 14.0. The molecule has 2 aromatic carbocycles. The van der Waals surface area contributed by atoms with Gasteiger partial charge >= 0.3 is 12.1 Å². The number of oxazole rings is 1. The first kappa shape index (κ1) is 30.2. The lowest BCUT2D eigenvalue weighted by Gasteiger charge is -2.26. The zero-order valence-corrected chi connectivity index (χ0v) is 22.5. The summed E-state index contributed by atoms with van der Waals surface area (Å²) in [5, 5.41) is 9.24. The van der Waals surface area contributed by atoms with Crippen LogP contribution in [0, 0.1) is 6.92 Å². The molecule has 7 nitrogen and oxygen atoms in total. The van der Waals surface area contributed by atoms with Gasteiger partial charge in [-0.1, -0.05) is 25.1 Å². The SMILES string of the molecule is CCC(C)(F)F.Cc1nc(C(=O)O)c(COc2cc3c(cc2C(F)(F)F)N(c2ccccc2)CCN(C)S3)o1. The van der Waals surface area contributed by atoms with Gasteiger partial charge in [0.25, 0.3) is 0 Å². The molecule has 0 aliphatic carbocycles. The smallest absolute Gasteiger partial charge is 0.420 e. The van der Waals surface area contributed by atoms with Crippen molar-refractivity contribution in [3.8, 4) is 5.75 Å². The van der Waals surface area contributed by atoms with Crippen molar-refractivity contribution in [2.45, 2.75) is 50.8 Å². The lowest BCUT2D eigenvalue weighted by molar-refractivity contribution is -0.139. The minimum atomic E-state index is -4.69. The number of anilines is 2. The molecular weight excluding hydrogens is 545 g/mol. The van der Waals surface area contributed by atoms with E-state index in [0.717, 1.165) is 18.7 Å². The molecule has 2 heterocycles. The molecule has 13 heteroatoms. The maximum Gasteiger partial charge on any atom is 0.420 e. The molecule has 4 rings (SSSR count). The number of aromatic carboxylic acids is 1. The second-order valence-corrected chi connectivity index (χ2v) is 10.0. The van der Waals surface area contributed by atoms with Gasteiger partial charge in [-0.2, -0.15) is 13.2 Å². The van der Waals surface area contributed by atoms with Crippen molar-refractivity contribution >= 4 is 29.3 Å². The Labute approximate surface area is 226 Å². The summed E-state index contributed by atoms with van der Waals surface area (Å²) in [5.41, 5.74) is -0.155. The minimum Gasteiger partial charge on any atom is -0.485 e. The van der Waals surface area contributed by atoms with Crippen LogP contribution < -0.4 is 9.64 Å². The van der Waals surface area contributed by atoms with Crippen LogP contribution in [0.3, 0.4) is 0 Å². The van der Waals surface area contributed by atoms with Gasteiger partial charge in [-0.3, -0.25) is 0 Å². The van der Waals surface area contributed by atoms with Crippen molar-refractivity contribution < 1.29 is 41.0 Å². The molecule has 1 aliphatic heterocycles. The van der Waals surface area contributed by atoms with Gasteiger partial charge in [0.1, 0.15) is 12.4 Å². The normalized spacial score (nSPS) is 14.2. The average molecular weight is 574 g/mol. The van der Waals surface area contributed by atoms with Crippen LogP contribution in [0.15, 0.2) is 51.8 Å². The van der Waals surface area contributed by atoms with Crippen LogP contribution in [-0.4, -0.2) is 46.4 Å². The summed E-state index contributed by atoms with van der Waals surface area (Å²) < 4.78 is 77.6. The molecule has 1 aliphatic rings. The molecule has 212 valence electrons. The highest BCUT2D eigenvalue weighted by atomic mass is 32.2. The Kier molecular flexibility index (Phi) is 9.49. The Morgan fingerprint density at radius 1 is 1.15 bits per heavy atom. The molecular formula is C26H28F5N3O4S. The predicted octanol–water partition coefficient (Wildman–Crippen LogP) is 7.42. The molecule has 0 bridgehead atoms. The van der Waals surface area contributed by atoms with Crippen LogP contribution in [0.2, 0.25) is 0 Å². The molecule has 39 heavy (non-hydrogen) atoms. The number of nitrogens with zero attached hydrogens (tertiary/aromatic N) is 3. The van der Waals surface area contributed by atoms with Crippen LogP contribution in [0.4, 0.5) is 33.3 Å². The summed E-state index contributed by atoms with van der Waals surface area (Å²) in [6.45, 7) is 4.42. The zero-order valence-electron chi connectivity index (χ0n) is 21.7. The van der Waals surface area contributed by atoms with E-state index in [9.17, 15) is 31.9 Å². The summed E-state index contributed by atoms with van der Waals surface area (Å²) >= 11 is 1.31. The average Bonchev–Trinajstić information content (AvgIpc) is 3.15. The number of hydrogen-bond donors (Lipinski definition) is 1. The molecule has 1 N–H and O–H groups in total. The Morgan fingerprint density at radius 3 is 2.36 bits per heavy atom. The summed E-state index contributed by atoms with van der Waals surface area (Å²) in [7, 11) is 1.86. The largest absolute Gasteiger partial charge is 0.485 e. The number of carboxylic acid groups (broad SMARTS) is 1. The fourth-order valence-corrected chi connectivity index (χ4v) is 4.43. The van der Waals surface area contributed by atoms with E-state index in [1.165, 1.54) is 31.9 Å². The van der Waals surface area contributed by atoms with Crippen LogP contribution >= 0.6 is 11.9 Å². The lowest BCUT2D eigenvalue weighted by atomic mass is 10.1. The van der Waals surface area contributed by atoms with Gasteiger partial charge < -0.3 is 19.2 Å². The van der Waals surface area contributed by atoms with E-state index in [1.54, 1.807) is 0 Å². The summed E-state index contributed by atoms with van der Waals surface area (Å²) in [5.74, 6) is -4.29. The van der Waals surface area contributed by atoms with E-state index in [4.69, 9.17) is 9.15 Å². The third kappa shape index (κ3) is 8.09. The number of hydrogen-bond acceptors (Lipinski definition) is 7. The molecule has 0 saturated carbocycles. The number of aromatic nitrogens is 1. The first-order valence-corrected chi connectivity index (χ1v) is 12.6. The number of alkyl halides is 5. The van der Waals surface area contributed by atoms with E-state index < -0.39 is 36.0 Å². The lowest BCUT2D eigenvalue weighted by Crippen LogP contribution is -2.24. The van der Waals surface area contributed by atoms with Gasteiger partial charge in [-0.05, 0) is 50.2 Å². The standard InChI is InChI=1S/C22H20F3N3O4S.C4H8F2/c1-13-26-20(21(29)30)18(32-13)12-31-17-11-19-16(10-15(17)22(23,24)25)28(9-8-27(2)33-19)14-6-4-3-5-7-14;1-3-4(2,5)6/h3-7,10-11H,8-9,12H2,1-2H3,(H,29,30);3H2,1-2H3. The second kappa shape index (κ2) is 12.2. The molecule has 0 unspecified atom stereocenters. The predicted molar refractivity (Wildman–Crippen MR) is 137 cm³/mol. The Bertz CT molecular complexity index is 1280. The molecule has 0 amide bonds. The van der Waals surface area contributed by atoms with Crippen LogP contribution in [0.1, 0.15) is 48.0 Å². The van der Waals surface area contributed by atoms with E-state index in [2.05, 4.69) is 4.98 Å². The van der Waals surface area contributed by atoms with Crippen molar-refractivity contribution in [1.82, 2.24) is 9.29 Å². The van der Waals surface area contributed by atoms with Crippen LogP contribution in [-0.2, 0) is 12.8 Å². The van der Waals surface area contributed by atoms with Crippen LogP contribution in [0.25, 0.3) is 0 Å². The number of para-hydroxylation sites is 1. The van der Waals surface area contributed by atoms with Crippen molar-refractivity contribution in [1.29, 1.82) is 0 Å². The maximum absolute atomic E-state index is 14.0. The molecule has 0 saturated heterocycles. The summed E-state index contributed by atoms with van der Waals surface area (Å²) in [6.07, 6.45) is -4.75. The number of likely N-dealkylation sites (N-methyl/N-ethyl adjacent to an activating group) is 1. The van der Waals surface area contributed by atoms with Crippen molar-refractivity contribution in [2.75, 3.05) is 25.0 Å². The van der Waals surface area contributed by atoms with E-state index >= 15 is 0 Å². The van der Waals surface area contributed by atoms with Gasteiger partial charge in [0, 0.05) is 32.1 Å². The fourth-order valence-electron chi connectivity index (χ4n) is 3.50. The number of aryl methyl sites for hydroxylation is 1. The van der Waals surface area contributed by atoms with Crippen molar-refractivity contribution in [3.63, 3.8) is 0 Å². The summed E-state index contributed by atoms with van der Waals surface area (Å²) in [6, 6.07) is 11.6. The second-order valence-electron chi connectivity index (χ2n) is 8.77. The topological polar surface area (TPSA) is 79.0 Å². The van der Waals surface area contributed by atoms with Gasteiger partial charge in [-0.15, -0.1) is 0 Å². The van der Waals surface area contributed by atoms with Crippen molar-refractivity contribution in [2.24, 2.45) is 0 Å². The van der Waals surface area contributed by atoms with Gasteiger partial charge in [0.05, 0.1) is 16.1 Å². The highest BCUT2D eigenvalue weighted by molar-refractivity contribution is 7.97. The van der Waals surface area contributed by atoms with E-state index in [1.807, 2.05) is 46.6 Å². The monoisotopic (exact) mass is 573 g/mol. The summed E-state index contributed by atoms with van der Waals surface area (Å²) in [4.78, 5) is 17.5. The third-order valence-electron chi connectivity index (χ3n) is 5.60. The zero-order chi connectivity index (χ0) is 29.0. The Morgan fingerprint density at radius 2 is 1.79 bits per heavy atom. The van der Waals surface area contributed by atoms with Crippen LogP contribution in [0.5, 0.6) is 5.75 Å². The number of rotatable bonds is 6.